The van der Waals surface area contributed by atoms with Gasteiger partial charge in [-0.3, -0.25) is 14.4 Å². The number of fused-ring (bicyclic) bond motifs is 1. The number of carbonyl (C=O) groups is 1. The second-order valence-electron chi connectivity index (χ2n) is 5.89. The Morgan fingerprint density at radius 3 is 2.76 bits per heavy atom. The Labute approximate surface area is 155 Å². The van der Waals surface area contributed by atoms with Crippen molar-refractivity contribution in [1.82, 2.24) is 14.8 Å². The number of benzene rings is 1. The molecule has 0 aliphatic carbocycles. The van der Waals surface area contributed by atoms with Gasteiger partial charge in [0.25, 0.3) is 0 Å². The second kappa shape index (κ2) is 6.80. The summed E-state index contributed by atoms with van der Waals surface area (Å²) in [5.74, 6) is 0.290. The molecule has 1 aliphatic rings. The summed E-state index contributed by atoms with van der Waals surface area (Å²) >= 11 is 12.1. The number of hydroxylamine groups is 2. The van der Waals surface area contributed by atoms with Crippen molar-refractivity contribution in [3.05, 3.63) is 62.9 Å². The number of carbonyl (C=O) groups excluding carboxylic acids is 1. The van der Waals surface area contributed by atoms with E-state index >= 15 is 0 Å². The van der Waals surface area contributed by atoms with Crippen molar-refractivity contribution >= 4 is 34.9 Å². The maximum Gasteiger partial charge on any atom is 0.241 e. The van der Waals surface area contributed by atoms with Gasteiger partial charge in [0.05, 0.1) is 28.3 Å². The zero-order valence-electron chi connectivity index (χ0n) is 13.9. The second-order valence-corrected chi connectivity index (χ2v) is 6.70. The van der Waals surface area contributed by atoms with Crippen molar-refractivity contribution in [2.24, 2.45) is 7.05 Å². The van der Waals surface area contributed by atoms with Crippen LogP contribution in [0.5, 0.6) is 0 Å². The summed E-state index contributed by atoms with van der Waals surface area (Å²) in [5, 5.41) is 18.8. The van der Waals surface area contributed by atoms with Gasteiger partial charge in [-0.1, -0.05) is 35.3 Å². The van der Waals surface area contributed by atoms with E-state index in [1.54, 1.807) is 36.0 Å². The van der Waals surface area contributed by atoms with Crippen LogP contribution in [0.1, 0.15) is 22.9 Å². The number of hydrogen-bond donors (Lipinski definition) is 0. The van der Waals surface area contributed by atoms with Gasteiger partial charge in [0.2, 0.25) is 5.91 Å². The van der Waals surface area contributed by atoms with Gasteiger partial charge >= 0.3 is 0 Å². The van der Waals surface area contributed by atoms with Crippen LogP contribution in [0.3, 0.4) is 0 Å². The standard InChI is InChI=1S/C17H17Cl2N4O2/c1-4-7-22-14(24)9-23(25)16(11-5-6-12(18)13(19)8-11)15-10(2)20-21(3)17(15)22/h4-6,8,16H,1,7,9H2,2-3H3/q-1. The van der Waals surface area contributed by atoms with E-state index in [0.29, 0.717) is 39.2 Å². The number of anilines is 1. The highest BCUT2D eigenvalue weighted by Gasteiger charge is 2.34. The molecule has 1 aromatic heterocycles. The fraction of sp³-hybridized carbons (Fsp3) is 0.294. The fourth-order valence-corrected chi connectivity index (χ4v) is 3.51. The fourth-order valence-electron chi connectivity index (χ4n) is 3.21. The first-order valence-electron chi connectivity index (χ1n) is 7.68. The van der Waals surface area contributed by atoms with Gasteiger partial charge in [-0.2, -0.15) is 5.10 Å². The summed E-state index contributed by atoms with van der Waals surface area (Å²) in [4.78, 5) is 14.1. The monoisotopic (exact) mass is 379 g/mol. The van der Waals surface area contributed by atoms with Crippen LogP contribution in [-0.4, -0.2) is 33.8 Å². The first kappa shape index (κ1) is 17.9. The van der Waals surface area contributed by atoms with E-state index in [4.69, 9.17) is 23.2 Å². The molecule has 1 aliphatic heterocycles. The van der Waals surface area contributed by atoms with Crippen molar-refractivity contribution in [2.75, 3.05) is 18.0 Å². The minimum Gasteiger partial charge on any atom is -0.784 e. The van der Waals surface area contributed by atoms with E-state index in [9.17, 15) is 10.0 Å². The largest absolute Gasteiger partial charge is 0.784 e. The summed E-state index contributed by atoms with van der Waals surface area (Å²) in [7, 11) is 1.75. The Bertz CT molecular complexity index is 849. The molecule has 1 atom stereocenters. The highest BCUT2D eigenvalue weighted by molar-refractivity contribution is 6.42. The lowest BCUT2D eigenvalue weighted by Crippen LogP contribution is -2.37. The lowest BCUT2D eigenvalue weighted by atomic mass is 9.98. The van der Waals surface area contributed by atoms with Crippen molar-refractivity contribution in [1.29, 1.82) is 0 Å². The highest BCUT2D eigenvalue weighted by Crippen LogP contribution is 2.40. The molecule has 0 bridgehead atoms. The zero-order chi connectivity index (χ0) is 18.3. The molecule has 0 saturated heterocycles. The van der Waals surface area contributed by atoms with Crippen molar-refractivity contribution in [2.45, 2.75) is 13.0 Å². The van der Waals surface area contributed by atoms with Crippen LogP contribution in [0.2, 0.25) is 10.0 Å². The van der Waals surface area contributed by atoms with Crippen molar-refractivity contribution in [3.63, 3.8) is 0 Å². The minimum absolute atomic E-state index is 0.271. The number of aryl methyl sites for hydroxylation is 2. The first-order chi connectivity index (χ1) is 11.8. The van der Waals surface area contributed by atoms with E-state index in [1.807, 2.05) is 6.92 Å². The SMILES string of the molecule is C=CCN1C(=O)CN([O-])C(c2ccc(Cl)c(Cl)c2)c2c(C)nn(C)c21. The van der Waals surface area contributed by atoms with Gasteiger partial charge in [-0.05, 0) is 24.6 Å². The van der Waals surface area contributed by atoms with Crippen LogP contribution in [0, 0.1) is 12.1 Å². The quantitative estimate of drug-likeness (QED) is 0.765. The van der Waals surface area contributed by atoms with Crippen molar-refractivity contribution < 1.29 is 4.79 Å². The van der Waals surface area contributed by atoms with Crippen LogP contribution in [-0.2, 0) is 11.8 Å². The molecule has 0 spiro atoms. The van der Waals surface area contributed by atoms with Crippen LogP contribution < -0.4 is 4.90 Å². The molecular weight excluding hydrogens is 363 g/mol. The molecule has 0 N–H and O–H groups in total. The number of amides is 1. The van der Waals surface area contributed by atoms with Gasteiger partial charge in [0, 0.05) is 19.2 Å². The van der Waals surface area contributed by atoms with E-state index in [0.717, 1.165) is 5.06 Å². The molecule has 0 saturated carbocycles. The number of hydrogen-bond acceptors (Lipinski definition) is 4. The van der Waals surface area contributed by atoms with Gasteiger partial charge in [0.15, 0.2) is 0 Å². The highest BCUT2D eigenvalue weighted by atomic mass is 35.5. The average Bonchev–Trinajstić information content (AvgIpc) is 2.76. The molecule has 2 heterocycles. The summed E-state index contributed by atoms with van der Waals surface area (Å²) < 4.78 is 1.62. The maximum absolute atomic E-state index is 12.8. The number of rotatable bonds is 3. The lowest BCUT2D eigenvalue weighted by Gasteiger charge is -2.35. The van der Waals surface area contributed by atoms with E-state index in [2.05, 4.69) is 11.7 Å². The van der Waals surface area contributed by atoms with Crippen LogP contribution in [0.4, 0.5) is 5.82 Å². The van der Waals surface area contributed by atoms with Crippen LogP contribution in [0.15, 0.2) is 30.9 Å². The molecule has 1 unspecified atom stereocenters. The number of nitrogens with zero attached hydrogens (tertiary/aromatic N) is 4. The Hall–Kier alpha value is -1.86. The predicted molar refractivity (Wildman–Crippen MR) is 98.9 cm³/mol. The van der Waals surface area contributed by atoms with Gasteiger partial charge in [0.1, 0.15) is 5.82 Å². The molecule has 6 nitrogen and oxygen atoms in total. The minimum atomic E-state index is -0.697. The number of aromatic nitrogens is 2. The molecule has 1 amide bonds. The summed E-state index contributed by atoms with van der Waals surface area (Å²) in [6.45, 7) is 5.55. The molecule has 0 fully saturated rings. The van der Waals surface area contributed by atoms with Gasteiger partial charge in [-0.15, -0.1) is 6.58 Å². The lowest BCUT2D eigenvalue weighted by molar-refractivity contribution is -0.119. The smallest absolute Gasteiger partial charge is 0.241 e. The van der Waals surface area contributed by atoms with E-state index in [1.165, 1.54) is 4.90 Å². The van der Waals surface area contributed by atoms with Crippen molar-refractivity contribution in [3.8, 4) is 0 Å². The maximum atomic E-state index is 12.8. The zero-order valence-corrected chi connectivity index (χ0v) is 15.4. The summed E-state index contributed by atoms with van der Waals surface area (Å²) in [5.41, 5.74) is 2.02. The van der Waals surface area contributed by atoms with Gasteiger partial charge in [-0.25, -0.2) is 0 Å². The molecule has 8 heteroatoms. The molecule has 3 rings (SSSR count). The molecule has 0 radical (unpaired) electrons. The Balaban J connectivity index is 2.24. The predicted octanol–water partition coefficient (Wildman–Crippen LogP) is 3.46. The van der Waals surface area contributed by atoms with Crippen LogP contribution >= 0.6 is 23.2 Å². The Morgan fingerprint density at radius 1 is 1.40 bits per heavy atom. The van der Waals surface area contributed by atoms with E-state index < -0.39 is 6.04 Å². The molecule has 25 heavy (non-hydrogen) atoms. The third-order valence-corrected chi connectivity index (χ3v) is 4.96. The third kappa shape index (κ3) is 3.06. The van der Waals surface area contributed by atoms with E-state index in [-0.39, 0.29) is 12.5 Å². The average molecular weight is 380 g/mol. The molecular formula is C17H17Cl2N4O2-. The molecule has 2 aromatic rings. The summed E-state index contributed by atoms with van der Waals surface area (Å²) in [6, 6.07) is 4.35. The Kier molecular flexibility index (Phi) is 4.88. The topological polar surface area (TPSA) is 64.4 Å². The Morgan fingerprint density at radius 2 is 2.12 bits per heavy atom. The number of halogens is 2. The first-order valence-corrected chi connectivity index (χ1v) is 8.44. The molecule has 1 aromatic carbocycles. The molecule has 132 valence electrons. The normalized spacial score (nSPS) is 18.2. The van der Waals surface area contributed by atoms with Crippen LogP contribution in [0.25, 0.3) is 0 Å². The third-order valence-electron chi connectivity index (χ3n) is 4.22. The summed E-state index contributed by atoms with van der Waals surface area (Å²) in [6.07, 6.45) is 1.62. The van der Waals surface area contributed by atoms with Gasteiger partial charge < -0.3 is 10.3 Å².